The second kappa shape index (κ2) is 8.60. The van der Waals surface area contributed by atoms with Gasteiger partial charge in [0.25, 0.3) is 0 Å². The van der Waals surface area contributed by atoms with E-state index in [2.05, 4.69) is 49.1 Å². The molecule has 0 N–H and O–H groups in total. The Bertz CT molecular complexity index is 457. The third-order valence-electron chi connectivity index (χ3n) is 4.64. The number of hydrogen-bond donors (Lipinski definition) is 0. The van der Waals surface area contributed by atoms with E-state index in [1.165, 1.54) is 43.2 Å². The number of benzene rings is 1. The van der Waals surface area contributed by atoms with Crippen molar-refractivity contribution in [1.82, 2.24) is 4.90 Å². The fourth-order valence-electron chi connectivity index (χ4n) is 3.21. The van der Waals surface area contributed by atoms with E-state index in [1.807, 2.05) is 0 Å². The molecule has 1 aliphatic rings. The molecule has 1 fully saturated rings. The van der Waals surface area contributed by atoms with Gasteiger partial charge in [0.05, 0.1) is 0 Å². The fourth-order valence-corrected chi connectivity index (χ4v) is 3.55. The van der Waals surface area contributed by atoms with Crippen LogP contribution in [0, 0.1) is 0 Å². The Balaban J connectivity index is 1.99. The Hall–Kier alpha value is -0.790. The van der Waals surface area contributed by atoms with E-state index in [1.54, 1.807) is 0 Å². The SMILES string of the molecule is CCN(CC)C/C=C/c1ccc(C2CCCCC2)c(Cl)c1. The van der Waals surface area contributed by atoms with E-state index in [0.29, 0.717) is 5.92 Å². The lowest BCUT2D eigenvalue weighted by molar-refractivity contribution is 0.338. The highest BCUT2D eigenvalue weighted by molar-refractivity contribution is 6.31. The Labute approximate surface area is 135 Å². The molecule has 2 rings (SSSR count). The van der Waals surface area contributed by atoms with Crippen molar-refractivity contribution >= 4 is 17.7 Å². The summed E-state index contributed by atoms with van der Waals surface area (Å²) in [6.07, 6.45) is 11.1. The van der Waals surface area contributed by atoms with Crippen LogP contribution in [0.5, 0.6) is 0 Å². The molecule has 0 saturated heterocycles. The lowest BCUT2D eigenvalue weighted by Crippen LogP contribution is -2.22. The number of rotatable bonds is 6. The molecule has 0 spiro atoms. The van der Waals surface area contributed by atoms with Crippen LogP contribution >= 0.6 is 11.6 Å². The van der Waals surface area contributed by atoms with Gasteiger partial charge < -0.3 is 4.90 Å². The van der Waals surface area contributed by atoms with Gasteiger partial charge in [-0.1, -0.05) is 69.0 Å². The predicted molar refractivity (Wildman–Crippen MR) is 94.1 cm³/mol. The van der Waals surface area contributed by atoms with E-state index in [-0.39, 0.29) is 0 Å². The molecular weight excluding hydrogens is 278 g/mol. The predicted octanol–water partition coefficient (Wildman–Crippen LogP) is 5.74. The highest BCUT2D eigenvalue weighted by Gasteiger charge is 2.17. The second-order valence-electron chi connectivity index (χ2n) is 6.00. The molecule has 1 nitrogen and oxygen atoms in total. The Kier molecular flexibility index (Phi) is 6.79. The highest BCUT2D eigenvalue weighted by atomic mass is 35.5. The van der Waals surface area contributed by atoms with Gasteiger partial charge in [0.15, 0.2) is 0 Å². The minimum Gasteiger partial charge on any atom is -0.300 e. The third-order valence-corrected chi connectivity index (χ3v) is 4.97. The minimum atomic E-state index is 0.681. The van der Waals surface area contributed by atoms with Crippen molar-refractivity contribution in [2.45, 2.75) is 51.9 Å². The molecule has 0 heterocycles. The first-order chi connectivity index (χ1) is 10.2. The molecule has 0 bridgehead atoms. The maximum atomic E-state index is 6.51. The van der Waals surface area contributed by atoms with Gasteiger partial charge in [-0.15, -0.1) is 0 Å². The fraction of sp³-hybridized carbons (Fsp3) is 0.579. The number of hydrogen-bond acceptors (Lipinski definition) is 1. The summed E-state index contributed by atoms with van der Waals surface area (Å²) in [5.74, 6) is 0.681. The summed E-state index contributed by atoms with van der Waals surface area (Å²) in [6, 6.07) is 6.59. The molecule has 1 aromatic rings. The number of nitrogens with zero attached hydrogens (tertiary/aromatic N) is 1. The zero-order chi connectivity index (χ0) is 15.1. The van der Waals surface area contributed by atoms with Crippen LogP contribution in [0.2, 0.25) is 5.02 Å². The monoisotopic (exact) mass is 305 g/mol. The van der Waals surface area contributed by atoms with Crippen molar-refractivity contribution < 1.29 is 0 Å². The maximum absolute atomic E-state index is 6.51. The standard InChI is InChI=1S/C19H28ClN/c1-3-21(4-2)14-8-9-16-12-13-18(19(20)15-16)17-10-6-5-7-11-17/h8-9,12-13,15,17H,3-7,10-11,14H2,1-2H3/b9-8+. The molecule has 0 unspecified atom stereocenters. The average Bonchev–Trinajstić information content (AvgIpc) is 2.52. The molecule has 0 amide bonds. The Morgan fingerprint density at radius 1 is 1.14 bits per heavy atom. The van der Waals surface area contributed by atoms with Crippen molar-refractivity contribution in [3.8, 4) is 0 Å². The number of likely N-dealkylation sites (N-methyl/N-ethyl adjacent to an activating group) is 1. The molecule has 0 atom stereocenters. The Morgan fingerprint density at radius 2 is 1.86 bits per heavy atom. The summed E-state index contributed by atoms with van der Waals surface area (Å²) in [5, 5.41) is 0.951. The van der Waals surface area contributed by atoms with Crippen LogP contribution in [0.3, 0.4) is 0 Å². The van der Waals surface area contributed by atoms with Crippen LogP contribution in [0.15, 0.2) is 24.3 Å². The van der Waals surface area contributed by atoms with Crippen molar-refractivity contribution in [2.75, 3.05) is 19.6 Å². The van der Waals surface area contributed by atoms with E-state index < -0.39 is 0 Å². The van der Waals surface area contributed by atoms with Crippen molar-refractivity contribution in [1.29, 1.82) is 0 Å². The lowest BCUT2D eigenvalue weighted by atomic mass is 9.84. The molecule has 1 aliphatic carbocycles. The smallest absolute Gasteiger partial charge is 0.0446 e. The van der Waals surface area contributed by atoms with Gasteiger partial charge >= 0.3 is 0 Å². The topological polar surface area (TPSA) is 3.24 Å². The normalized spacial score (nSPS) is 17.0. The zero-order valence-corrected chi connectivity index (χ0v) is 14.2. The first-order valence-electron chi connectivity index (χ1n) is 8.43. The van der Waals surface area contributed by atoms with Crippen molar-refractivity contribution in [3.05, 3.63) is 40.4 Å². The van der Waals surface area contributed by atoms with E-state index >= 15 is 0 Å². The van der Waals surface area contributed by atoms with Crippen LogP contribution in [-0.2, 0) is 0 Å². The molecule has 0 radical (unpaired) electrons. The summed E-state index contributed by atoms with van der Waals surface area (Å²) in [7, 11) is 0. The van der Waals surface area contributed by atoms with Crippen LogP contribution in [0.4, 0.5) is 0 Å². The second-order valence-corrected chi connectivity index (χ2v) is 6.41. The quantitative estimate of drug-likeness (QED) is 0.647. The molecule has 1 aromatic carbocycles. The maximum Gasteiger partial charge on any atom is 0.0446 e. The largest absolute Gasteiger partial charge is 0.300 e. The molecule has 0 aromatic heterocycles. The van der Waals surface area contributed by atoms with Gasteiger partial charge in [-0.05, 0) is 49.0 Å². The molecule has 1 saturated carbocycles. The zero-order valence-electron chi connectivity index (χ0n) is 13.4. The van der Waals surface area contributed by atoms with Gasteiger partial charge in [0, 0.05) is 11.6 Å². The van der Waals surface area contributed by atoms with E-state index in [4.69, 9.17) is 11.6 Å². The third kappa shape index (κ3) is 4.86. The van der Waals surface area contributed by atoms with Crippen molar-refractivity contribution in [2.24, 2.45) is 0 Å². The summed E-state index contributed by atoms with van der Waals surface area (Å²) >= 11 is 6.51. The molecule has 2 heteroatoms. The molecule has 116 valence electrons. The van der Waals surface area contributed by atoms with Crippen LogP contribution in [-0.4, -0.2) is 24.5 Å². The van der Waals surface area contributed by atoms with Crippen LogP contribution in [0.1, 0.15) is 63.0 Å². The van der Waals surface area contributed by atoms with Gasteiger partial charge in [-0.3, -0.25) is 0 Å². The number of halogens is 1. The summed E-state index contributed by atoms with van der Waals surface area (Å²) in [5.41, 5.74) is 2.57. The molecular formula is C19H28ClN. The summed E-state index contributed by atoms with van der Waals surface area (Å²) in [6.45, 7) is 7.61. The molecule has 0 aliphatic heterocycles. The summed E-state index contributed by atoms with van der Waals surface area (Å²) in [4.78, 5) is 2.40. The van der Waals surface area contributed by atoms with Gasteiger partial charge in [0.2, 0.25) is 0 Å². The van der Waals surface area contributed by atoms with Gasteiger partial charge in [-0.25, -0.2) is 0 Å². The first kappa shape index (κ1) is 16.6. The summed E-state index contributed by atoms with van der Waals surface area (Å²) < 4.78 is 0. The van der Waals surface area contributed by atoms with Crippen molar-refractivity contribution in [3.63, 3.8) is 0 Å². The van der Waals surface area contributed by atoms with E-state index in [0.717, 1.165) is 24.7 Å². The molecule has 21 heavy (non-hydrogen) atoms. The van der Waals surface area contributed by atoms with E-state index in [9.17, 15) is 0 Å². The first-order valence-corrected chi connectivity index (χ1v) is 8.80. The minimum absolute atomic E-state index is 0.681. The highest BCUT2D eigenvalue weighted by Crippen LogP contribution is 2.36. The van der Waals surface area contributed by atoms with Gasteiger partial charge in [0.1, 0.15) is 0 Å². The van der Waals surface area contributed by atoms with Crippen LogP contribution in [0.25, 0.3) is 6.08 Å². The van der Waals surface area contributed by atoms with Gasteiger partial charge in [-0.2, -0.15) is 0 Å². The van der Waals surface area contributed by atoms with Crippen LogP contribution < -0.4 is 0 Å². The Morgan fingerprint density at radius 3 is 2.48 bits per heavy atom. The average molecular weight is 306 g/mol. The lowest BCUT2D eigenvalue weighted by Gasteiger charge is -2.23.